The SMILES string of the molecule is Cc1ncc(C(=O)CC2(C(=O)NCc3ccc(Nc4ccc(F)cc4C(F)(F)F)cc3F)CC2)cn1. The third kappa shape index (κ3) is 5.67. The highest BCUT2D eigenvalue weighted by Gasteiger charge is 2.51. The molecule has 4 rings (SSSR count). The topological polar surface area (TPSA) is 84.0 Å². The molecule has 2 aromatic carbocycles. The van der Waals surface area contributed by atoms with E-state index >= 15 is 0 Å². The lowest BCUT2D eigenvalue weighted by molar-refractivity contribution is -0.137. The van der Waals surface area contributed by atoms with Gasteiger partial charge in [-0.15, -0.1) is 0 Å². The first-order valence-corrected chi connectivity index (χ1v) is 11.0. The minimum atomic E-state index is -4.81. The number of halogens is 5. The number of amides is 1. The van der Waals surface area contributed by atoms with Gasteiger partial charge in [0.1, 0.15) is 17.5 Å². The summed E-state index contributed by atoms with van der Waals surface area (Å²) in [6, 6.07) is 5.79. The number of aryl methyl sites for hydroxylation is 1. The maximum atomic E-state index is 14.6. The van der Waals surface area contributed by atoms with E-state index in [9.17, 15) is 31.5 Å². The van der Waals surface area contributed by atoms with E-state index in [1.54, 1.807) is 6.92 Å². The highest BCUT2D eigenvalue weighted by atomic mass is 19.4. The third-order valence-corrected chi connectivity index (χ3v) is 6.00. The van der Waals surface area contributed by atoms with E-state index in [0.717, 1.165) is 18.2 Å². The molecule has 188 valence electrons. The second-order valence-electron chi connectivity index (χ2n) is 8.70. The van der Waals surface area contributed by atoms with Crippen molar-refractivity contribution in [3.63, 3.8) is 0 Å². The summed E-state index contributed by atoms with van der Waals surface area (Å²) in [5.41, 5.74) is -2.08. The van der Waals surface area contributed by atoms with Crippen molar-refractivity contribution in [2.45, 2.75) is 38.9 Å². The minimum absolute atomic E-state index is 0.0178. The Morgan fingerprint density at radius 1 is 1.03 bits per heavy atom. The van der Waals surface area contributed by atoms with Gasteiger partial charge in [0.25, 0.3) is 0 Å². The highest BCUT2D eigenvalue weighted by Crippen LogP contribution is 2.49. The Morgan fingerprint density at radius 3 is 2.33 bits per heavy atom. The lowest BCUT2D eigenvalue weighted by Gasteiger charge is -2.16. The van der Waals surface area contributed by atoms with Crippen LogP contribution in [0.25, 0.3) is 0 Å². The number of rotatable bonds is 8. The molecule has 1 aliphatic rings. The summed E-state index contributed by atoms with van der Waals surface area (Å²) in [5, 5.41) is 5.09. The average Bonchev–Trinajstić information content (AvgIpc) is 3.60. The summed E-state index contributed by atoms with van der Waals surface area (Å²) in [4.78, 5) is 33.2. The Labute approximate surface area is 203 Å². The molecule has 1 saturated carbocycles. The summed E-state index contributed by atoms with van der Waals surface area (Å²) >= 11 is 0. The van der Waals surface area contributed by atoms with Crippen molar-refractivity contribution in [1.82, 2.24) is 15.3 Å². The molecule has 0 bridgehead atoms. The van der Waals surface area contributed by atoms with Crippen LogP contribution in [-0.4, -0.2) is 21.7 Å². The monoisotopic (exact) mass is 504 g/mol. The van der Waals surface area contributed by atoms with Crippen LogP contribution >= 0.6 is 0 Å². The molecule has 0 spiro atoms. The highest BCUT2D eigenvalue weighted by molar-refractivity contribution is 6.00. The molecule has 0 unspecified atom stereocenters. The van der Waals surface area contributed by atoms with Gasteiger partial charge in [-0.05, 0) is 50.1 Å². The number of alkyl halides is 3. The van der Waals surface area contributed by atoms with E-state index in [0.29, 0.717) is 30.3 Å². The molecule has 1 fully saturated rings. The molecule has 1 heterocycles. The second kappa shape index (κ2) is 9.63. The number of Topliss-reactive ketones (excluding diaryl/α,β-unsaturated/α-hetero) is 1. The first-order valence-electron chi connectivity index (χ1n) is 11.0. The number of hydrogen-bond donors (Lipinski definition) is 2. The summed E-state index contributed by atoms with van der Waals surface area (Å²) in [6.07, 6.45) is -0.972. The van der Waals surface area contributed by atoms with Gasteiger partial charge >= 0.3 is 6.18 Å². The van der Waals surface area contributed by atoms with Gasteiger partial charge in [0.15, 0.2) is 5.78 Å². The number of nitrogens with zero attached hydrogens (tertiary/aromatic N) is 2. The van der Waals surface area contributed by atoms with Crippen molar-refractivity contribution in [3.05, 3.63) is 82.9 Å². The standard InChI is InChI=1S/C25H21F5N4O2/c1-14-31-12-16(13-32-14)22(35)10-24(6-7-24)23(36)33-11-15-2-4-18(9-20(15)27)34-21-5-3-17(26)8-19(21)25(28,29)30/h2-5,8-9,12-13,34H,6-7,10-11H2,1H3,(H,33,36). The van der Waals surface area contributed by atoms with Gasteiger partial charge in [-0.3, -0.25) is 9.59 Å². The van der Waals surface area contributed by atoms with E-state index < -0.39 is 34.5 Å². The third-order valence-electron chi connectivity index (χ3n) is 6.00. The van der Waals surface area contributed by atoms with Crippen LogP contribution in [0, 0.1) is 24.0 Å². The van der Waals surface area contributed by atoms with Crippen LogP contribution in [0.15, 0.2) is 48.8 Å². The zero-order valence-corrected chi connectivity index (χ0v) is 19.0. The van der Waals surface area contributed by atoms with E-state index in [1.165, 1.54) is 24.5 Å². The first-order chi connectivity index (χ1) is 17.0. The first kappa shape index (κ1) is 25.2. The Balaban J connectivity index is 1.39. The van der Waals surface area contributed by atoms with E-state index in [2.05, 4.69) is 20.6 Å². The molecular formula is C25H21F5N4O2. The van der Waals surface area contributed by atoms with Crippen molar-refractivity contribution in [2.24, 2.45) is 5.41 Å². The van der Waals surface area contributed by atoms with E-state index in [-0.39, 0.29) is 35.9 Å². The van der Waals surface area contributed by atoms with Crippen molar-refractivity contribution < 1.29 is 31.5 Å². The van der Waals surface area contributed by atoms with Gasteiger partial charge in [-0.1, -0.05) is 6.07 Å². The molecule has 6 nitrogen and oxygen atoms in total. The Bertz CT molecular complexity index is 1300. The number of carbonyl (C=O) groups excluding carboxylic acids is 2. The van der Waals surface area contributed by atoms with Gasteiger partial charge in [0.2, 0.25) is 5.91 Å². The fourth-order valence-electron chi connectivity index (χ4n) is 3.73. The summed E-state index contributed by atoms with van der Waals surface area (Å²) in [7, 11) is 0. The molecule has 2 N–H and O–H groups in total. The largest absolute Gasteiger partial charge is 0.418 e. The van der Waals surface area contributed by atoms with Crippen LogP contribution in [0.2, 0.25) is 0 Å². The summed E-state index contributed by atoms with van der Waals surface area (Å²) in [5.74, 6) is -1.93. The van der Waals surface area contributed by atoms with Crippen molar-refractivity contribution >= 4 is 23.1 Å². The number of benzene rings is 2. The van der Waals surface area contributed by atoms with Crippen LogP contribution in [0.1, 0.15) is 46.6 Å². The Kier molecular flexibility index (Phi) is 6.75. The fraction of sp³-hybridized carbons (Fsp3) is 0.280. The van der Waals surface area contributed by atoms with Crippen molar-refractivity contribution in [1.29, 1.82) is 0 Å². The van der Waals surface area contributed by atoms with Gasteiger partial charge < -0.3 is 10.6 Å². The number of ketones is 1. The smallest absolute Gasteiger partial charge is 0.355 e. The zero-order chi connectivity index (χ0) is 26.1. The molecule has 1 amide bonds. The molecule has 0 atom stereocenters. The van der Waals surface area contributed by atoms with Crippen molar-refractivity contribution in [2.75, 3.05) is 5.32 Å². The van der Waals surface area contributed by atoms with Gasteiger partial charge in [-0.2, -0.15) is 13.2 Å². The van der Waals surface area contributed by atoms with Gasteiger partial charge in [0.05, 0.1) is 22.2 Å². The number of aromatic nitrogens is 2. The van der Waals surface area contributed by atoms with Crippen molar-refractivity contribution in [3.8, 4) is 0 Å². The van der Waals surface area contributed by atoms with Crippen LogP contribution in [0.3, 0.4) is 0 Å². The van der Waals surface area contributed by atoms with E-state index in [1.807, 2.05) is 0 Å². The number of hydrogen-bond acceptors (Lipinski definition) is 5. The molecule has 0 aliphatic heterocycles. The fourth-order valence-corrected chi connectivity index (χ4v) is 3.73. The predicted octanol–water partition coefficient (Wildman–Crippen LogP) is 5.50. The summed E-state index contributed by atoms with van der Waals surface area (Å²) in [6.45, 7) is 1.52. The lowest BCUT2D eigenvalue weighted by atomic mass is 9.95. The summed E-state index contributed by atoms with van der Waals surface area (Å²) < 4.78 is 67.5. The lowest BCUT2D eigenvalue weighted by Crippen LogP contribution is -2.33. The number of anilines is 2. The molecule has 1 aliphatic carbocycles. The molecular weight excluding hydrogens is 483 g/mol. The van der Waals surface area contributed by atoms with Gasteiger partial charge in [0, 0.05) is 36.6 Å². The quantitative estimate of drug-likeness (QED) is 0.313. The Hall–Kier alpha value is -3.89. The average molecular weight is 504 g/mol. The molecule has 0 saturated heterocycles. The minimum Gasteiger partial charge on any atom is -0.355 e. The number of nitrogens with one attached hydrogen (secondary N) is 2. The van der Waals surface area contributed by atoms with Gasteiger partial charge in [-0.25, -0.2) is 18.7 Å². The molecule has 36 heavy (non-hydrogen) atoms. The second-order valence-corrected chi connectivity index (χ2v) is 8.70. The Morgan fingerprint density at radius 2 is 1.72 bits per heavy atom. The van der Waals surface area contributed by atoms with Crippen LogP contribution < -0.4 is 10.6 Å². The zero-order valence-electron chi connectivity index (χ0n) is 19.0. The van der Waals surface area contributed by atoms with Crippen LogP contribution in [0.4, 0.5) is 33.3 Å². The predicted molar refractivity (Wildman–Crippen MR) is 120 cm³/mol. The van der Waals surface area contributed by atoms with Crippen LogP contribution in [0.5, 0.6) is 0 Å². The molecule has 11 heteroatoms. The van der Waals surface area contributed by atoms with Crippen LogP contribution in [-0.2, 0) is 17.5 Å². The molecule has 1 aromatic heterocycles. The molecule has 0 radical (unpaired) electrons. The van der Waals surface area contributed by atoms with E-state index in [4.69, 9.17) is 0 Å². The normalized spacial score (nSPS) is 14.3. The number of carbonyl (C=O) groups is 2. The maximum absolute atomic E-state index is 14.6. The maximum Gasteiger partial charge on any atom is 0.418 e. The molecule has 3 aromatic rings.